The number of hydrogen-bond acceptors (Lipinski definition) is 3. The number of amides is 1. The Kier molecular flexibility index (Phi) is 3.50. The lowest BCUT2D eigenvalue weighted by Crippen LogP contribution is -2.60. The number of carbonyl (C=O) groups is 1. The molecule has 0 saturated carbocycles. The number of rotatable bonds is 1. The Balaban J connectivity index is 2.04. The average molecular weight is 226 g/mol. The zero-order valence-electron chi connectivity index (χ0n) is 10.1. The van der Waals surface area contributed by atoms with Crippen LogP contribution in [-0.4, -0.2) is 42.1 Å². The fraction of sp³-hybridized carbons (Fsp3) is 0.917. The first-order valence-corrected chi connectivity index (χ1v) is 6.31. The van der Waals surface area contributed by atoms with Crippen LogP contribution in [0.3, 0.4) is 0 Å². The Morgan fingerprint density at radius 2 is 2.06 bits per heavy atom. The number of hydrogen-bond donors (Lipinski definition) is 1. The van der Waals surface area contributed by atoms with E-state index in [2.05, 4.69) is 6.92 Å². The average Bonchev–Trinajstić information content (AvgIpc) is 2.30. The Labute approximate surface area is 97.1 Å². The van der Waals surface area contributed by atoms with Gasteiger partial charge in [0.05, 0.1) is 5.54 Å². The van der Waals surface area contributed by atoms with E-state index in [1.807, 2.05) is 4.90 Å². The zero-order chi connectivity index (χ0) is 11.6. The minimum Gasteiger partial charge on any atom is -0.381 e. The Morgan fingerprint density at radius 1 is 1.38 bits per heavy atom. The highest BCUT2D eigenvalue weighted by molar-refractivity contribution is 5.86. The summed E-state index contributed by atoms with van der Waals surface area (Å²) in [6, 6.07) is 0.351. The van der Waals surface area contributed by atoms with Gasteiger partial charge in [-0.05, 0) is 39.0 Å². The van der Waals surface area contributed by atoms with Gasteiger partial charge in [-0.2, -0.15) is 0 Å². The summed E-state index contributed by atoms with van der Waals surface area (Å²) in [7, 11) is 0. The van der Waals surface area contributed by atoms with Crippen molar-refractivity contribution in [1.29, 1.82) is 0 Å². The summed E-state index contributed by atoms with van der Waals surface area (Å²) in [5.41, 5.74) is 5.56. The molecule has 2 fully saturated rings. The van der Waals surface area contributed by atoms with Crippen LogP contribution >= 0.6 is 0 Å². The van der Waals surface area contributed by atoms with Gasteiger partial charge < -0.3 is 15.4 Å². The molecule has 0 bridgehead atoms. The predicted octanol–water partition coefficient (Wildman–Crippen LogP) is 0.895. The van der Waals surface area contributed by atoms with Crippen molar-refractivity contribution in [2.24, 2.45) is 5.73 Å². The second-order valence-electron chi connectivity index (χ2n) is 5.11. The fourth-order valence-electron chi connectivity index (χ4n) is 2.64. The smallest absolute Gasteiger partial charge is 0.243 e. The molecular formula is C12H22N2O2. The third kappa shape index (κ3) is 2.23. The maximum Gasteiger partial charge on any atom is 0.243 e. The molecule has 4 heteroatoms. The quantitative estimate of drug-likeness (QED) is 0.722. The molecule has 0 aromatic carbocycles. The lowest BCUT2D eigenvalue weighted by atomic mass is 9.88. The van der Waals surface area contributed by atoms with E-state index in [0.717, 1.165) is 19.4 Å². The molecule has 2 saturated heterocycles. The van der Waals surface area contributed by atoms with Crippen LogP contribution < -0.4 is 5.73 Å². The van der Waals surface area contributed by atoms with E-state index < -0.39 is 5.54 Å². The summed E-state index contributed by atoms with van der Waals surface area (Å²) in [6.45, 7) is 4.23. The van der Waals surface area contributed by atoms with Gasteiger partial charge in [0.25, 0.3) is 0 Å². The van der Waals surface area contributed by atoms with Crippen LogP contribution in [0.15, 0.2) is 0 Å². The number of carbonyl (C=O) groups excluding carboxylic acids is 1. The van der Waals surface area contributed by atoms with Gasteiger partial charge >= 0.3 is 0 Å². The minimum absolute atomic E-state index is 0.142. The van der Waals surface area contributed by atoms with Gasteiger partial charge in [-0.1, -0.05) is 0 Å². The molecule has 2 aliphatic rings. The molecular weight excluding hydrogens is 204 g/mol. The van der Waals surface area contributed by atoms with Gasteiger partial charge in [0.15, 0.2) is 0 Å². The van der Waals surface area contributed by atoms with Crippen molar-refractivity contribution >= 4 is 5.91 Å². The first-order valence-electron chi connectivity index (χ1n) is 6.31. The highest BCUT2D eigenvalue weighted by Crippen LogP contribution is 2.25. The number of ether oxygens (including phenoxy) is 1. The summed E-state index contributed by atoms with van der Waals surface area (Å²) < 4.78 is 5.28. The summed E-state index contributed by atoms with van der Waals surface area (Å²) in [6.07, 6.45) is 4.77. The van der Waals surface area contributed by atoms with Crippen LogP contribution in [0.4, 0.5) is 0 Å². The lowest BCUT2D eigenvalue weighted by Gasteiger charge is -2.41. The van der Waals surface area contributed by atoms with Gasteiger partial charge in [-0.25, -0.2) is 0 Å². The van der Waals surface area contributed by atoms with Crippen molar-refractivity contribution in [2.75, 3.05) is 19.8 Å². The van der Waals surface area contributed by atoms with Crippen LogP contribution in [-0.2, 0) is 9.53 Å². The van der Waals surface area contributed by atoms with Crippen molar-refractivity contribution in [3.8, 4) is 0 Å². The summed E-state index contributed by atoms with van der Waals surface area (Å²) >= 11 is 0. The third-order valence-electron chi connectivity index (χ3n) is 3.87. The van der Waals surface area contributed by atoms with Gasteiger partial charge in [0.1, 0.15) is 0 Å². The standard InChI is InChI=1S/C12H22N2O2/c1-10-4-2-3-7-14(10)11(15)12(13)5-8-16-9-6-12/h10H,2-9,13H2,1H3. The molecule has 1 atom stereocenters. The SMILES string of the molecule is CC1CCCCN1C(=O)C1(N)CCOCC1. The van der Waals surface area contributed by atoms with E-state index >= 15 is 0 Å². The molecule has 2 heterocycles. The minimum atomic E-state index is -0.663. The normalized spacial score (nSPS) is 30.1. The highest BCUT2D eigenvalue weighted by atomic mass is 16.5. The van der Waals surface area contributed by atoms with E-state index in [1.165, 1.54) is 6.42 Å². The first-order chi connectivity index (χ1) is 7.63. The van der Waals surface area contributed by atoms with Gasteiger partial charge in [0, 0.05) is 25.8 Å². The van der Waals surface area contributed by atoms with E-state index in [0.29, 0.717) is 32.1 Å². The molecule has 0 aromatic heterocycles. The van der Waals surface area contributed by atoms with Gasteiger partial charge in [-0.3, -0.25) is 4.79 Å². The summed E-state index contributed by atoms with van der Waals surface area (Å²) in [5.74, 6) is 0.142. The fourth-order valence-corrected chi connectivity index (χ4v) is 2.64. The molecule has 1 unspecified atom stereocenters. The third-order valence-corrected chi connectivity index (χ3v) is 3.87. The second-order valence-corrected chi connectivity index (χ2v) is 5.11. The van der Waals surface area contributed by atoms with Crippen LogP contribution in [0.1, 0.15) is 39.0 Å². The number of piperidine rings is 1. The second kappa shape index (κ2) is 4.72. The highest BCUT2D eigenvalue weighted by Gasteiger charge is 2.40. The molecule has 1 amide bonds. The van der Waals surface area contributed by atoms with Crippen LogP contribution in [0.5, 0.6) is 0 Å². The molecule has 2 rings (SSSR count). The molecule has 4 nitrogen and oxygen atoms in total. The molecule has 2 N–H and O–H groups in total. The van der Waals surface area contributed by atoms with Gasteiger partial charge in [0.2, 0.25) is 5.91 Å². The molecule has 16 heavy (non-hydrogen) atoms. The lowest BCUT2D eigenvalue weighted by molar-refractivity contribution is -0.143. The van der Waals surface area contributed by atoms with Crippen molar-refractivity contribution in [3.63, 3.8) is 0 Å². The molecule has 0 aliphatic carbocycles. The number of likely N-dealkylation sites (tertiary alicyclic amines) is 1. The Hall–Kier alpha value is -0.610. The van der Waals surface area contributed by atoms with Crippen LogP contribution in [0.2, 0.25) is 0 Å². The molecule has 0 radical (unpaired) electrons. The maximum atomic E-state index is 12.4. The number of nitrogens with zero attached hydrogens (tertiary/aromatic N) is 1. The summed E-state index contributed by atoms with van der Waals surface area (Å²) in [4.78, 5) is 14.4. The monoisotopic (exact) mass is 226 g/mol. The zero-order valence-corrected chi connectivity index (χ0v) is 10.1. The number of nitrogens with two attached hydrogens (primary N) is 1. The molecule has 92 valence electrons. The summed E-state index contributed by atoms with van der Waals surface area (Å²) in [5, 5.41) is 0. The van der Waals surface area contributed by atoms with Crippen LogP contribution in [0.25, 0.3) is 0 Å². The Bertz CT molecular complexity index is 262. The topological polar surface area (TPSA) is 55.6 Å². The molecule has 0 spiro atoms. The molecule has 0 aromatic rings. The maximum absolute atomic E-state index is 12.4. The van der Waals surface area contributed by atoms with E-state index in [4.69, 9.17) is 10.5 Å². The van der Waals surface area contributed by atoms with Gasteiger partial charge in [-0.15, -0.1) is 0 Å². The predicted molar refractivity (Wildman–Crippen MR) is 62.0 cm³/mol. The van der Waals surface area contributed by atoms with Crippen molar-refractivity contribution < 1.29 is 9.53 Å². The Morgan fingerprint density at radius 3 is 2.69 bits per heavy atom. The first kappa shape index (κ1) is 11.9. The van der Waals surface area contributed by atoms with Crippen LogP contribution in [0, 0.1) is 0 Å². The van der Waals surface area contributed by atoms with E-state index in [9.17, 15) is 4.79 Å². The largest absolute Gasteiger partial charge is 0.381 e. The van der Waals surface area contributed by atoms with Crippen molar-refractivity contribution in [1.82, 2.24) is 4.90 Å². The van der Waals surface area contributed by atoms with Crippen molar-refractivity contribution in [3.05, 3.63) is 0 Å². The molecule has 2 aliphatic heterocycles. The van der Waals surface area contributed by atoms with Crippen molar-refractivity contribution in [2.45, 2.75) is 50.6 Å². The van der Waals surface area contributed by atoms with E-state index in [-0.39, 0.29) is 5.91 Å². The van der Waals surface area contributed by atoms with E-state index in [1.54, 1.807) is 0 Å².